The van der Waals surface area contributed by atoms with Crippen molar-refractivity contribution in [3.63, 3.8) is 0 Å². The molecule has 78 valence electrons. The van der Waals surface area contributed by atoms with Gasteiger partial charge in [-0.05, 0) is 20.2 Å². The van der Waals surface area contributed by atoms with Gasteiger partial charge in [0.1, 0.15) is 5.69 Å². The monoisotopic (exact) mass is 216 g/mol. The zero-order valence-corrected chi connectivity index (χ0v) is 8.95. The Hall–Kier alpha value is -1.00. The number of halogens is 1. The largest absolute Gasteiger partial charge is 0.477 e. The number of hydrogen-bond acceptors (Lipinski definition) is 2. The highest BCUT2D eigenvalue weighted by atomic mass is 35.5. The summed E-state index contributed by atoms with van der Waals surface area (Å²) < 4.78 is 1.64. The first kappa shape index (κ1) is 11.1. The smallest absolute Gasteiger partial charge is 0.352 e. The first-order chi connectivity index (χ1) is 6.50. The van der Waals surface area contributed by atoms with E-state index in [9.17, 15) is 4.79 Å². The van der Waals surface area contributed by atoms with Crippen LogP contribution in [0.2, 0.25) is 5.02 Å². The van der Waals surface area contributed by atoms with E-state index in [0.29, 0.717) is 11.6 Å². The lowest BCUT2D eigenvalue weighted by molar-refractivity contribution is 0.0684. The van der Waals surface area contributed by atoms with Crippen LogP contribution in [-0.2, 0) is 6.54 Å². The highest BCUT2D eigenvalue weighted by molar-refractivity contribution is 6.30. The van der Waals surface area contributed by atoms with Crippen LogP contribution in [0, 0.1) is 0 Å². The average molecular weight is 217 g/mol. The Kier molecular flexibility index (Phi) is 3.55. The van der Waals surface area contributed by atoms with Gasteiger partial charge in [0.05, 0.1) is 5.02 Å². The molecule has 0 bridgehead atoms. The molecule has 0 aromatic carbocycles. The molecule has 0 saturated heterocycles. The maximum atomic E-state index is 10.8. The van der Waals surface area contributed by atoms with E-state index >= 15 is 0 Å². The van der Waals surface area contributed by atoms with Crippen molar-refractivity contribution in [2.45, 2.75) is 6.54 Å². The molecule has 0 aliphatic rings. The van der Waals surface area contributed by atoms with Crippen molar-refractivity contribution >= 4 is 17.6 Å². The molecular formula is C9H13ClN2O2. The molecule has 4 nitrogen and oxygen atoms in total. The molecule has 1 aromatic heterocycles. The van der Waals surface area contributed by atoms with Crippen LogP contribution < -0.4 is 0 Å². The molecule has 1 aromatic rings. The summed E-state index contributed by atoms with van der Waals surface area (Å²) in [6.07, 6.45) is 1.63. The lowest BCUT2D eigenvalue weighted by Crippen LogP contribution is -2.20. The molecule has 0 radical (unpaired) electrons. The fourth-order valence-corrected chi connectivity index (χ4v) is 1.37. The third kappa shape index (κ3) is 2.75. The SMILES string of the molecule is CN(C)CCn1cc(Cl)cc1C(=O)O. The van der Waals surface area contributed by atoms with Gasteiger partial charge < -0.3 is 14.6 Å². The zero-order valence-electron chi connectivity index (χ0n) is 8.20. The first-order valence-corrected chi connectivity index (χ1v) is 4.62. The van der Waals surface area contributed by atoms with Crippen molar-refractivity contribution in [3.05, 3.63) is 23.0 Å². The van der Waals surface area contributed by atoms with E-state index in [0.717, 1.165) is 6.54 Å². The lowest BCUT2D eigenvalue weighted by atomic mass is 10.4. The van der Waals surface area contributed by atoms with Crippen molar-refractivity contribution in [3.8, 4) is 0 Å². The van der Waals surface area contributed by atoms with Gasteiger partial charge in [-0.1, -0.05) is 11.6 Å². The van der Waals surface area contributed by atoms with E-state index in [4.69, 9.17) is 16.7 Å². The summed E-state index contributed by atoms with van der Waals surface area (Å²) in [5.41, 5.74) is 0.233. The van der Waals surface area contributed by atoms with Crippen LogP contribution in [0.15, 0.2) is 12.3 Å². The fourth-order valence-electron chi connectivity index (χ4n) is 1.15. The third-order valence-electron chi connectivity index (χ3n) is 1.87. The minimum atomic E-state index is -0.948. The Labute approximate surface area is 87.7 Å². The minimum Gasteiger partial charge on any atom is -0.477 e. The van der Waals surface area contributed by atoms with Gasteiger partial charge in [0.25, 0.3) is 0 Å². The molecule has 0 amide bonds. The average Bonchev–Trinajstić information content (AvgIpc) is 2.43. The summed E-state index contributed by atoms with van der Waals surface area (Å²) in [5, 5.41) is 9.31. The van der Waals surface area contributed by atoms with Crippen LogP contribution in [0.3, 0.4) is 0 Å². The van der Waals surface area contributed by atoms with E-state index in [2.05, 4.69) is 0 Å². The van der Waals surface area contributed by atoms with Gasteiger partial charge in [-0.15, -0.1) is 0 Å². The Morgan fingerprint density at radius 1 is 1.64 bits per heavy atom. The van der Waals surface area contributed by atoms with E-state index < -0.39 is 5.97 Å². The van der Waals surface area contributed by atoms with E-state index in [1.54, 1.807) is 10.8 Å². The summed E-state index contributed by atoms with van der Waals surface area (Å²) in [5.74, 6) is -0.948. The molecule has 0 aliphatic heterocycles. The van der Waals surface area contributed by atoms with Crippen LogP contribution in [0.4, 0.5) is 0 Å². The number of aromatic nitrogens is 1. The number of carboxylic acid groups (broad SMARTS) is 1. The molecule has 1 N–H and O–H groups in total. The second kappa shape index (κ2) is 4.48. The number of carbonyl (C=O) groups is 1. The summed E-state index contributed by atoms with van der Waals surface area (Å²) in [6, 6.07) is 1.46. The van der Waals surface area contributed by atoms with E-state index in [1.165, 1.54) is 6.07 Å². The highest BCUT2D eigenvalue weighted by Crippen LogP contribution is 2.13. The number of likely N-dealkylation sites (N-methyl/N-ethyl adjacent to an activating group) is 1. The Bertz CT molecular complexity index is 334. The molecular weight excluding hydrogens is 204 g/mol. The molecule has 14 heavy (non-hydrogen) atoms. The Morgan fingerprint density at radius 2 is 2.29 bits per heavy atom. The number of carboxylic acids is 1. The molecule has 1 heterocycles. The van der Waals surface area contributed by atoms with Crippen LogP contribution in [0.25, 0.3) is 0 Å². The highest BCUT2D eigenvalue weighted by Gasteiger charge is 2.11. The van der Waals surface area contributed by atoms with E-state index in [-0.39, 0.29) is 5.69 Å². The molecule has 0 aliphatic carbocycles. The number of aromatic carboxylic acids is 1. The van der Waals surface area contributed by atoms with E-state index in [1.807, 2.05) is 19.0 Å². The van der Waals surface area contributed by atoms with Gasteiger partial charge >= 0.3 is 5.97 Å². The van der Waals surface area contributed by atoms with Crippen LogP contribution in [0.5, 0.6) is 0 Å². The lowest BCUT2D eigenvalue weighted by Gasteiger charge is -2.11. The van der Waals surface area contributed by atoms with Crippen molar-refractivity contribution in [1.82, 2.24) is 9.47 Å². The molecule has 1 rings (SSSR count). The summed E-state index contributed by atoms with van der Waals surface area (Å²) >= 11 is 5.73. The Balaban J connectivity index is 2.79. The topological polar surface area (TPSA) is 45.5 Å². The van der Waals surface area contributed by atoms with Gasteiger partial charge in [-0.2, -0.15) is 0 Å². The van der Waals surface area contributed by atoms with Crippen molar-refractivity contribution in [2.75, 3.05) is 20.6 Å². The molecule has 5 heteroatoms. The molecule has 0 spiro atoms. The number of hydrogen-bond donors (Lipinski definition) is 1. The summed E-state index contributed by atoms with van der Waals surface area (Å²) in [7, 11) is 3.87. The first-order valence-electron chi connectivity index (χ1n) is 4.24. The Morgan fingerprint density at radius 3 is 2.79 bits per heavy atom. The van der Waals surface area contributed by atoms with Crippen LogP contribution in [-0.4, -0.2) is 41.2 Å². The van der Waals surface area contributed by atoms with Gasteiger partial charge in [-0.3, -0.25) is 0 Å². The fraction of sp³-hybridized carbons (Fsp3) is 0.444. The minimum absolute atomic E-state index is 0.233. The van der Waals surface area contributed by atoms with Gasteiger partial charge in [0.2, 0.25) is 0 Å². The second-order valence-corrected chi connectivity index (χ2v) is 3.78. The maximum Gasteiger partial charge on any atom is 0.352 e. The van der Waals surface area contributed by atoms with Gasteiger partial charge in [-0.25, -0.2) is 4.79 Å². The quantitative estimate of drug-likeness (QED) is 0.828. The molecule has 0 unspecified atom stereocenters. The molecule has 0 atom stereocenters. The third-order valence-corrected chi connectivity index (χ3v) is 2.08. The van der Waals surface area contributed by atoms with Gasteiger partial charge in [0, 0.05) is 19.3 Å². The number of nitrogens with zero attached hydrogens (tertiary/aromatic N) is 2. The normalized spacial score (nSPS) is 10.9. The van der Waals surface area contributed by atoms with Crippen molar-refractivity contribution in [2.24, 2.45) is 0 Å². The van der Waals surface area contributed by atoms with Crippen molar-refractivity contribution in [1.29, 1.82) is 0 Å². The molecule has 0 saturated carbocycles. The summed E-state index contributed by atoms with van der Waals surface area (Å²) in [6.45, 7) is 1.41. The predicted octanol–water partition coefficient (Wildman–Crippen LogP) is 1.40. The van der Waals surface area contributed by atoms with Crippen molar-refractivity contribution < 1.29 is 9.90 Å². The standard InChI is InChI=1S/C9H13ClN2O2/c1-11(2)3-4-12-6-7(10)5-8(12)9(13)14/h5-6H,3-4H2,1-2H3,(H,13,14). The second-order valence-electron chi connectivity index (χ2n) is 3.35. The molecule has 0 fully saturated rings. The van der Waals surface area contributed by atoms with Gasteiger partial charge in [0.15, 0.2) is 0 Å². The van der Waals surface area contributed by atoms with Crippen LogP contribution >= 0.6 is 11.6 Å². The zero-order chi connectivity index (χ0) is 10.7. The number of rotatable bonds is 4. The predicted molar refractivity (Wildman–Crippen MR) is 55.0 cm³/mol. The summed E-state index contributed by atoms with van der Waals surface area (Å²) in [4.78, 5) is 12.8. The van der Waals surface area contributed by atoms with Crippen LogP contribution in [0.1, 0.15) is 10.5 Å². The maximum absolute atomic E-state index is 10.8.